The summed E-state index contributed by atoms with van der Waals surface area (Å²) in [6.45, 7) is 4.15. The van der Waals surface area contributed by atoms with Crippen LogP contribution >= 0.6 is 11.6 Å². The normalized spacial score (nSPS) is 10.9. The molecule has 112 valence electrons. The van der Waals surface area contributed by atoms with Crippen molar-refractivity contribution in [1.82, 2.24) is 20.3 Å². The SMILES string of the molecule is CC(C)CNC(=O)c1nn(-c2ccccc2Cl)nc1CO. The largest absolute Gasteiger partial charge is 0.390 e. The van der Waals surface area contributed by atoms with E-state index in [0.717, 1.165) is 0 Å². The van der Waals surface area contributed by atoms with E-state index in [2.05, 4.69) is 15.5 Å². The highest BCUT2D eigenvalue weighted by molar-refractivity contribution is 6.32. The van der Waals surface area contributed by atoms with E-state index in [1.807, 2.05) is 13.8 Å². The number of aliphatic hydroxyl groups is 1. The predicted octanol–water partition coefficient (Wildman–Crippen LogP) is 1.80. The van der Waals surface area contributed by atoms with Crippen molar-refractivity contribution in [2.45, 2.75) is 20.5 Å². The summed E-state index contributed by atoms with van der Waals surface area (Å²) in [5, 5.41) is 20.8. The molecule has 2 aromatic rings. The monoisotopic (exact) mass is 308 g/mol. The van der Waals surface area contributed by atoms with Gasteiger partial charge in [0.15, 0.2) is 5.69 Å². The van der Waals surface area contributed by atoms with Gasteiger partial charge in [-0.05, 0) is 18.1 Å². The van der Waals surface area contributed by atoms with Crippen molar-refractivity contribution in [1.29, 1.82) is 0 Å². The maximum atomic E-state index is 12.1. The van der Waals surface area contributed by atoms with Crippen molar-refractivity contribution in [3.63, 3.8) is 0 Å². The number of nitrogens with zero attached hydrogens (tertiary/aromatic N) is 3. The van der Waals surface area contributed by atoms with E-state index < -0.39 is 0 Å². The van der Waals surface area contributed by atoms with Crippen molar-refractivity contribution >= 4 is 17.5 Å². The van der Waals surface area contributed by atoms with Gasteiger partial charge >= 0.3 is 0 Å². The molecule has 0 saturated carbocycles. The molecule has 0 spiro atoms. The Balaban J connectivity index is 2.32. The third kappa shape index (κ3) is 3.59. The second-order valence-electron chi connectivity index (χ2n) is 5.00. The summed E-state index contributed by atoms with van der Waals surface area (Å²) in [5.74, 6) is -0.0313. The highest BCUT2D eigenvalue weighted by Gasteiger charge is 2.19. The van der Waals surface area contributed by atoms with E-state index >= 15 is 0 Å². The fourth-order valence-electron chi connectivity index (χ4n) is 1.72. The Bertz CT molecular complexity index is 640. The molecule has 0 aliphatic rings. The number of benzene rings is 1. The van der Waals surface area contributed by atoms with Crippen LogP contribution in [-0.2, 0) is 6.61 Å². The van der Waals surface area contributed by atoms with Gasteiger partial charge in [-0.15, -0.1) is 15.0 Å². The molecule has 6 nitrogen and oxygen atoms in total. The van der Waals surface area contributed by atoms with E-state index in [1.165, 1.54) is 4.80 Å². The molecule has 1 heterocycles. The van der Waals surface area contributed by atoms with Crippen molar-refractivity contribution in [2.75, 3.05) is 6.54 Å². The average molecular weight is 309 g/mol. The molecule has 0 fully saturated rings. The number of carbonyl (C=O) groups is 1. The Hall–Kier alpha value is -1.92. The van der Waals surface area contributed by atoms with Gasteiger partial charge < -0.3 is 10.4 Å². The molecule has 0 atom stereocenters. The highest BCUT2D eigenvalue weighted by Crippen LogP contribution is 2.19. The maximum Gasteiger partial charge on any atom is 0.273 e. The minimum Gasteiger partial charge on any atom is -0.390 e. The van der Waals surface area contributed by atoms with Crippen molar-refractivity contribution in [3.05, 3.63) is 40.7 Å². The minimum absolute atomic E-state index is 0.109. The summed E-state index contributed by atoms with van der Waals surface area (Å²) < 4.78 is 0. The molecule has 1 aromatic heterocycles. The molecule has 0 bridgehead atoms. The molecule has 1 amide bonds. The van der Waals surface area contributed by atoms with E-state index in [1.54, 1.807) is 24.3 Å². The van der Waals surface area contributed by atoms with Crippen LogP contribution in [0.1, 0.15) is 30.0 Å². The summed E-state index contributed by atoms with van der Waals surface area (Å²) in [6, 6.07) is 7.02. The Morgan fingerprint density at radius 3 is 2.71 bits per heavy atom. The highest BCUT2D eigenvalue weighted by atomic mass is 35.5. The summed E-state index contributed by atoms with van der Waals surface area (Å²) in [7, 11) is 0. The standard InChI is InChI=1S/C14H17ClN4O2/c1-9(2)7-16-14(21)13-11(8-20)17-19(18-13)12-6-4-3-5-10(12)15/h3-6,9,20H,7-8H2,1-2H3,(H,16,21). The van der Waals surface area contributed by atoms with Crippen LogP contribution in [0.2, 0.25) is 5.02 Å². The number of aliphatic hydroxyl groups excluding tert-OH is 1. The van der Waals surface area contributed by atoms with Gasteiger partial charge in [0.2, 0.25) is 0 Å². The molecule has 0 aliphatic carbocycles. The fraction of sp³-hybridized carbons (Fsp3) is 0.357. The lowest BCUT2D eigenvalue weighted by molar-refractivity contribution is 0.0940. The first-order valence-corrected chi connectivity index (χ1v) is 7.01. The molecule has 2 rings (SSSR count). The Labute approximate surface area is 127 Å². The quantitative estimate of drug-likeness (QED) is 0.882. The second-order valence-corrected chi connectivity index (χ2v) is 5.41. The zero-order chi connectivity index (χ0) is 15.4. The predicted molar refractivity (Wildman–Crippen MR) is 79.5 cm³/mol. The number of hydrogen-bond donors (Lipinski definition) is 2. The van der Waals surface area contributed by atoms with E-state index in [9.17, 15) is 9.90 Å². The number of carbonyl (C=O) groups excluding carboxylic acids is 1. The number of rotatable bonds is 5. The molecular formula is C14H17ClN4O2. The van der Waals surface area contributed by atoms with E-state index in [4.69, 9.17) is 11.6 Å². The van der Waals surface area contributed by atoms with Gasteiger partial charge in [0.05, 0.1) is 11.6 Å². The smallest absolute Gasteiger partial charge is 0.273 e. The lowest BCUT2D eigenvalue weighted by Crippen LogP contribution is -2.28. The zero-order valence-electron chi connectivity index (χ0n) is 11.9. The number of amides is 1. The summed E-state index contributed by atoms with van der Waals surface area (Å²) in [5.41, 5.74) is 0.881. The molecule has 0 aliphatic heterocycles. The van der Waals surface area contributed by atoms with Gasteiger partial charge in [-0.3, -0.25) is 4.79 Å². The van der Waals surface area contributed by atoms with Gasteiger partial charge in [-0.2, -0.15) is 0 Å². The van der Waals surface area contributed by atoms with E-state index in [0.29, 0.717) is 23.2 Å². The minimum atomic E-state index is -0.366. The van der Waals surface area contributed by atoms with Crippen LogP contribution in [0.15, 0.2) is 24.3 Å². The van der Waals surface area contributed by atoms with Crippen LogP contribution in [0.5, 0.6) is 0 Å². The molecule has 0 saturated heterocycles. The van der Waals surface area contributed by atoms with Crippen LogP contribution in [0.4, 0.5) is 0 Å². The number of halogens is 1. The van der Waals surface area contributed by atoms with Gasteiger partial charge in [-0.1, -0.05) is 37.6 Å². The van der Waals surface area contributed by atoms with Crippen LogP contribution in [0.25, 0.3) is 5.69 Å². The third-order valence-electron chi connectivity index (χ3n) is 2.79. The molecule has 0 radical (unpaired) electrons. The summed E-state index contributed by atoms with van der Waals surface area (Å²) in [6.07, 6.45) is 0. The second kappa shape index (κ2) is 6.69. The van der Waals surface area contributed by atoms with Crippen LogP contribution in [0.3, 0.4) is 0 Å². The first-order chi connectivity index (χ1) is 10.0. The fourth-order valence-corrected chi connectivity index (χ4v) is 1.93. The first kappa shape index (κ1) is 15.5. The van der Waals surface area contributed by atoms with Gasteiger partial charge in [0, 0.05) is 6.54 Å². The van der Waals surface area contributed by atoms with Crippen LogP contribution < -0.4 is 5.32 Å². The lowest BCUT2D eigenvalue weighted by Gasteiger charge is -2.05. The topological polar surface area (TPSA) is 80.0 Å². The van der Waals surface area contributed by atoms with Crippen LogP contribution in [0, 0.1) is 5.92 Å². The summed E-state index contributed by atoms with van der Waals surface area (Å²) in [4.78, 5) is 13.3. The van der Waals surface area contributed by atoms with Crippen molar-refractivity contribution < 1.29 is 9.90 Å². The third-order valence-corrected chi connectivity index (χ3v) is 3.11. The Morgan fingerprint density at radius 1 is 1.38 bits per heavy atom. The average Bonchev–Trinajstić information content (AvgIpc) is 2.89. The number of aromatic nitrogens is 3. The molecule has 21 heavy (non-hydrogen) atoms. The number of nitrogens with one attached hydrogen (secondary N) is 1. The van der Waals surface area contributed by atoms with Gasteiger partial charge in [-0.25, -0.2) is 0 Å². The number of para-hydroxylation sites is 1. The van der Waals surface area contributed by atoms with Crippen molar-refractivity contribution in [3.8, 4) is 5.69 Å². The first-order valence-electron chi connectivity index (χ1n) is 6.63. The zero-order valence-corrected chi connectivity index (χ0v) is 12.6. The molecule has 7 heteroatoms. The molecular weight excluding hydrogens is 292 g/mol. The lowest BCUT2D eigenvalue weighted by atomic mass is 10.2. The Kier molecular flexibility index (Phi) is 4.93. The number of hydrogen-bond acceptors (Lipinski definition) is 4. The van der Waals surface area contributed by atoms with Gasteiger partial charge in [0.25, 0.3) is 5.91 Å². The van der Waals surface area contributed by atoms with Crippen LogP contribution in [-0.4, -0.2) is 32.6 Å². The van der Waals surface area contributed by atoms with Crippen molar-refractivity contribution in [2.24, 2.45) is 5.92 Å². The Morgan fingerprint density at radius 2 is 2.10 bits per heavy atom. The molecule has 1 aromatic carbocycles. The van der Waals surface area contributed by atoms with Gasteiger partial charge in [0.1, 0.15) is 11.4 Å². The summed E-state index contributed by atoms with van der Waals surface area (Å²) >= 11 is 6.08. The molecule has 2 N–H and O–H groups in total. The van der Waals surface area contributed by atoms with E-state index in [-0.39, 0.29) is 23.9 Å². The molecule has 0 unspecified atom stereocenters. The maximum absolute atomic E-state index is 12.1.